The zero-order valence-electron chi connectivity index (χ0n) is 8.83. The summed E-state index contributed by atoms with van der Waals surface area (Å²) in [5.41, 5.74) is 2.42. The molecule has 0 aromatic carbocycles. The van der Waals surface area contributed by atoms with E-state index in [1.165, 1.54) is 0 Å². The van der Waals surface area contributed by atoms with Gasteiger partial charge in [0.1, 0.15) is 17.5 Å². The second kappa shape index (κ2) is 3.70. The van der Waals surface area contributed by atoms with Crippen LogP contribution in [0.2, 0.25) is 0 Å². The molecule has 2 heterocycles. The number of hydrogen-bond acceptors (Lipinski definition) is 3. The number of aromatic amines is 1. The predicted octanol–water partition coefficient (Wildman–Crippen LogP) is 2.09. The van der Waals surface area contributed by atoms with E-state index in [0.717, 1.165) is 35.4 Å². The number of hydrogen-bond donors (Lipinski definition) is 1. The van der Waals surface area contributed by atoms with Gasteiger partial charge in [0.2, 0.25) is 0 Å². The summed E-state index contributed by atoms with van der Waals surface area (Å²) in [6.45, 7) is 3.93. The van der Waals surface area contributed by atoms with E-state index in [4.69, 9.17) is 5.26 Å². The molecule has 15 heavy (non-hydrogen) atoms. The number of H-pyrrole nitrogens is 1. The number of aromatic nitrogens is 3. The Morgan fingerprint density at radius 1 is 1.53 bits per heavy atom. The van der Waals surface area contributed by atoms with Gasteiger partial charge in [-0.05, 0) is 13.3 Å². The Balaban J connectivity index is 2.68. The third-order valence-electron chi connectivity index (χ3n) is 2.36. The summed E-state index contributed by atoms with van der Waals surface area (Å²) in [5.74, 6) is 0.719. The fourth-order valence-electron chi connectivity index (χ4n) is 1.68. The first kappa shape index (κ1) is 9.66. The monoisotopic (exact) mass is 200 g/mol. The van der Waals surface area contributed by atoms with Crippen LogP contribution in [0.1, 0.15) is 30.4 Å². The van der Waals surface area contributed by atoms with E-state index in [2.05, 4.69) is 27.9 Å². The van der Waals surface area contributed by atoms with Crippen molar-refractivity contribution in [2.24, 2.45) is 0 Å². The van der Waals surface area contributed by atoms with Crippen LogP contribution in [-0.4, -0.2) is 15.0 Å². The van der Waals surface area contributed by atoms with Gasteiger partial charge in [-0.3, -0.25) is 0 Å². The van der Waals surface area contributed by atoms with Gasteiger partial charge in [-0.25, -0.2) is 9.97 Å². The predicted molar refractivity (Wildman–Crippen MR) is 57.3 cm³/mol. The fourth-order valence-corrected chi connectivity index (χ4v) is 1.68. The standard InChI is InChI=1S/C11H12N4/c1-3-4-10-8(5-12)9-6-13-7(2)14-11(9)15-10/h6H,3-4H2,1-2H3,(H,13,14,15). The van der Waals surface area contributed by atoms with Gasteiger partial charge in [0.15, 0.2) is 0 Å². The minimum atomic E-state index is 0.687. The van der Waals surface area contributed by atoms with Gasteiger partial charge in [-0.15, -0.1) is 0 Å². The quantitative estimate of drug-likeness (QED) is 0.807. The summed E-state index contributed by atoms with van der Waals surface area (Å²) in [4.78, 5) is 11.6. The zero-order valence-corrected chi connectivity index (χ0v) is 8.83. The zero-order chi connectivity index (χ0) is 10.8. The molecule has 2 aromatic rings. The maximum atomic E-state index is 9.08. The molecule has 0 amide bonds. The molecule has 0 aliphatic carbocycles. The number of aryl methyl sites for hydroxylation is 2. The Morgan fingerprint density at radius 2 is 2.33 bits per heavy atom. The van der Waals surface area contributed by atoms with E-state index in [9.17, 15) is 0 Å². The highest BCUT2D eigenvalue weighted by molar-refractivity contribution is 5.83. The van der Waals surface area contributed by atoms with Crippen LogP contribution >= 0.6 is 0 Å². The Morgan fingerprint density at radius 3 is 3.00 bits per heavy atom. The number of nitriles is 1. The van der Waals surface area contributed by atoms with Crippen LogP contribution in [0.5, 0.6) is 0 Å². The van der Waals surface area contributed by atoms with Crippen LogP contribution in [0.4, 0.5) is 0 Å². The number of fused-ring (bicyclic) bond motifs is 1. The molecular formula is C11H12N4. The third-order valence-corrected chi connectivity index (χ3v) is 2.36. The minimum Gasteiger partial charge on any atom is -0.342 e. The van der Waals surface area contributed by atoms with Crippen molar-refractivity contribution in [1.29, 1.82) is 5.26 Å². The van der Waals surface area contributed by atoms with Crippen LogP contribution in [-0.2, 0) is 6.42 Å². The van der Waals surface area contributed by atoms with Crippen LogP contribution in [0.15, 0.2) is 6.20 Å². The molecule has 0 bridgehead atoms. The summed E-state index contributed by atoms with van der Waals surface area (Å²) in [6.07, 6.45) is 3.60. The molecule has 2 rings (SSSR count). The second-order valence-corrected chi connectivity index (χ2v) is 3.52. The average Bonchev–Trinajstić information content (AvgIpc) is 2.54. The van der Waals surface area contributed by atoms with Crippen molar-refractivity contribution in [3.05, 3.63) is 23.3 Å². The summed E-state index contributed by atoms with van der Waals surface area (Å²) < 4.78 is 0. The molecule has 0 radical (unpaired) electrons. The molecule has 1 N–H and O–H groups in total. The molecule has 0 fully saturated rings. The van der Waals surface area contributed by atoms with Crippen molar-refractivity contribution in [2.45, 2.75) is 26.7 Å². The highest BCUT2D eigenvalue weighted by atomic mass is 14.9. The molecule has 0 aliphatic heterocycles. The van der Waals surface area contributed by atoms with Gasteiger partial charge in [0.05, 0.1) is 10.9 Å². The van der Waals surface area contributed by atoms with E-state index >= 15 is 0 Å². The number of nitrogens with one attached hydrogen (secondary N) is 1. The normalized spacial score (nSPS) is 10.5. The van der Waals surface area contributed by atoms with E-state index in [1.807, 2.05) is 6.92 Å². The molecule has 0 aliphatic rings. The van der Waals surface area contributed by atoms with Crippen molar-refractivity contribution >= 4 is 11.0 Å². The maximum absolute atomic E-state index is 9.08. The molecule has 0 spiro atoms. The van der Waals surface area contributed by atoms with Gasteiger partial charge in [-0.2, -0.15) is 5.26 Å². The first-order valence-electron chi connectivity index (χ1n) is 5.00. The first-order valence-corrected chi connectivity index (χ1v) is 5.00. The van der Waals surface area contributed by atoms with Gasteiger partial charge < -0.3 is 4.98 Å². The van der Waals surface area contributed by atoms with Gasteiger partial charge in [-0.1, -0.05) is 13.3 Å². The van der Waals surface area contributed by atoms with Gasteiger partial charge in [0, 0.05) is 11.9 Å². The van der Waals surface area contributed by atoms with Crippen molar-refractivity contribution in [3.8, 4) is 6.07 Å². The lowest BCUT2D eigenvalue weighted by Crippen LogP contribution is -1.86. The van der Waals surface area contributed by atoms with E-state index in [-0.39, 0.29) is 0 Å². The number of nitrogens with zero attached hydrogens (tertiary/aromatic N) is 3. The lowest BCUT2D eigenvalue weighted by molar-refractivity contribution is 0.891. The van der Waals surface area contributed by atoms with E-state index in [1.54, 1.807) is 6.20 Å². The molecule has 0 saturated heterocycles. The van der Waals surface area contributed by atoms with E-state index < -0.39 is 0 Å². The average molecular weight is 200 g/mol. The summed E-state index contributed by atoms with van der Waals surface area (Å²) >= 11 is 0. The summed E-state index contributed by atoms with van der Waals surface area (Å²) in [7, 11) is 0. The van der Waals surface area contributed by atoms with Crippen molar-refractivity contribution < 1.29 is 0 Å². The Bertz CT molecular complexity index is 533. The van der Waals surface area contributed by atoms with Crippen LogP contribution in [0.3, 0.4) is 0 Å². The highest BCUT2D eigenvalue weighted by Gasteiger charge is 2.11. The van der Waals surface area contributed by atoms with Crippen LogP contribution in [0, 0.1) is 18.3 Å². The lowest BCUT2D eigenvalue weighted by Gasteiger charge is -1.92. The van der Waals surface area contributed by atoms with Gasteiger partial charge >= 0.3 is 0 Å². The number of rotatable bonds is 2. The smallest absolute Gasteiger partial charge is 0.142 e. The molecule has 0 atom stereocenters. The molecule has 2 aromatic heterocycles. The van der Waals surface area contributed by atoms with Gasteiger partial charge in [0.25, 0.3) is 0 Å². The van der Waals surface area contributed by atoms with Crippen molar-refractivity contribution in [1.82, 2.24) is 15.0 Å². The Kier molecular flexibility index (Phi) is 2.38. The van der Waals surface area contributed by atoms with Crippen LogP contribution in [0.25, 0.3) is 11.0 Å². The lowest BCUT2D eigenvalue weighted by atomic mass is 10.1. The summed E-state index contributed by atoms with van der Waals surface area (Å²) in [6, 6.07) is 2.21. The minimum absolute atomic E-state index is 0.687. The van der Waals surface area contributed by atoms with Crippen molar-refractivity contribution in [2.75, 3.05) is 0 Å². The molecule has 0 saturated carbocycles. The highest BCUT2D eigenvalue weighted by Crippen LogP contribution is 2.20. The molecular weight excluding hydrogens is 188 g/mol. The molecule has 4 nitrogen and oxygen atoms in total. The van der Waals surface area contributed by atoms with Crippen molar-refractivity contribution in [3.63, 3.8) is 0 Å². The second-order valence-electron chi connectivity index (χ2n) is 3.52. The Hall–Kier alpha value is -1.89. The molecule has 76 valence electrons. The maximum Gasteiger partial charge on any atom is 0.142 e. The third kappa shape index (κ3) is 1.57. The topological polar surface area (TPSA) is 65.4 Å². The van der Waals surface area contributed by atoms with Crippen LogP contribution < -0.4 is 0 Å². The Labute approximate surface area is 88.0 Å². The van der Waals surface area contributed by atoms with E-state index in [0.29, 0.717) is 5.56 Å². The summed E-state index contributed by atoms with van der Waals surface area (Å²) in [5, 5.41) is 9.90. The first-order chi connectivity index (χ1) is 7.26. The molecule has 0 unspecified atom stereocenters. The molecule has 4 heteroatoms. The largest absolute Gasteiger partial charge is 0.342 e. The fraction of sp³-hybridized carbons (Fsp3) is 0.364. The SMILES string of the molecule is CCCc1[nH]c2nc(C)ncc2c1C#N.